The molecule has 3 aromatic heterocycles. The zero-order chi connectivity index (χ0) is 17.5. The molecule has 0 spiro atoms. The molecular formula is C16H17N7O2. The van der Waals surface area contributed by atoms with Gasteiger partial charge in [0.2, 0.25) is 5.91 Å². The Morgan fingerprint density at radius 1 is 1.12 bits per heavy atom. The first-order valence-corrected chi connectivity index (χ1v) is 7.83. The Morgan fingerprint density at radius 2 is 2.04 bits per heavy atom. The highest BCUT2D eigenvalue weighted by Crippen LogP contribution is 2.02. The SMILES string of the molecule is O=C(CCCNC(=O)c1cnccn1)NCc1nnc2ccccn12. The van der Waals surface area contributed by atoms with Crippen molar-refractivity contribution in [2.24, 2.45) is 0 Å². The lowest BCUT2D eigenvalue weighted by molar-refractivity contribution is -0.121. The van der Waals surface area contributed by atoms with Gasteiger partial charge in [0, 0.05) is 31.6 Å². The highest BCUT2D eigenvalue weighted by atomic mass is 16.2. The summed E-state index contributed by atoms with van der Waals surface area (Å²) in [7, 11) is 0. The van der Waals surface area contributed by atoms with Crippen molar-refractivity contribution in [2.45, 2.75) is 19.4 Å². The molecule has 128 valence electrons. The van der Waals surface area contributed by atoms with Crippen LogP contribution in [-0.4, -0.2) is 42.9 Å². The van der Waals surface area contributed by atoms with Gasteiger partial charge in [0.05, 0.1) is 12.7 Å². The van der Waals surface area contributed by atoms with Crippen LogP contribution in [0.5, 0.6) is 0 Å². The first kappa shape index (κ1) is 16.5. The lowest BCUT2D eigenvalue weighted by Crippen LogP contribution is -2.28. The highest BCUT2D eigenvalue weighted by Gasteiger charge is 2.08. The Bertz CT molecular complexity index is 863. The summed E-state index contributed by atoms with van der Waals surface area (Å²) in [5.41, 5.74) is 0.990. The van der Waals surface area contributed by atoms with E-state index < -0.39 is 0 Å². The van der Waals surface area contributed by atoms with Crippen LogP contribution in [0.1, 0.15) is 29.2 Å². The Morgan fingerprint density at radius 3 is 2.88 bits per heavy atom. The number of aromatic nitrogens is 5. The zero-order valence-corrected chi connectivity index (χ0v) is 13.4. The Hall–Kier alpha value is -3.36. The van der Waals surface area contributed by atoms with Gasteiger partial charge in [0.1, 0.15) is 5.69 Å². The van der Waals surface area contributed by atoms with Gasteiger partial charge in [-0.05, 0) is 18.6 Å². The number of nitrogens with zero attached hydrogens (tertiary/aromatic N) is 5. The Kier molecular flexibility index (Phi) is 5.25. The van der Waals surface area contributed by atoms with Gasteiger partial charge in [-0.15, -0.1) is 10.2 Å². The minimum absolute atomic E-state index is 0.110. The van der Waals surface area contributed by atoms with Crippen LogP contribution in [0.3, 0.4) is 0 Å². The topological polar surface area (TPSA) is 114 Å². The molecule has 3 aromatic rings. The van der Waals surface area contributed by atoms with E-state index in [1.54, 1.807) is 0 Å². The molecule has 2 N–H and O–H groups in total. The van der Waals surface area contributed by atoms with Gasteiger partial charge in [0.15, 0.2) is 11.5 Å². The number of nitrogens with one attached hydrogen (secondary N) is 2. The van der Waals surface area contributed by atoms with Crippen molar-refractivity contribution in [3.05, 3.63) is 54.5 Å². The Balaban J connectivity index is 1.38. The van der Waals surface area contributed by atoms with Gasteiger partial charge in [0.25, 0.3) is 5.91 Å². The quantitative estimate of drug-likeness (QED) is 0.600. The molecule has 0 aliphatic heterocycles. The molecule has 25 heavy (non-hydrogen) atoms. The monoisotopic (exact) mass is 339 g/mol. The maximum atomic E-state index is 11.9. The summed E-state index contributed by atoms with van der Waals surface area (Å²) in [6, 6.07) is 5.60. The second-order valence-electron chi connectivity index (χ2n) is 5.27. The van der Waals surface area contributed by atoms with Gasteiger partial charge >= 0.3 is 0 Å². The maximum Gasteiger partial charge on any atom is 0.271 e. The summed E-state index contributed by atoms with van der Waals surface area (Å²) in [6.45, 7) is 0.687. The number of hydrogen-bond donors (Lipinski definition) is 2. The number of carbonyl (C=O) groups excluding carboxylic acids is 2. The van der Waals surface area contributed by atoms with Crippen LogP contribution in [-0.2, 0) is 11.3 Å². The minimum Gasteiger partial charge on any atom is -0.351 e. The standard InChI is InChI=1S/C16H17N7O2/c24-15(5-3-6-19-16(25)12-10-17-7-8-18-12)20-11-14-22-21-13-4-1-2-9-23(13)14/h1-2,4,7-10H,3,5-6,11H2,(H,19,25)(H,20,24). The van der Waals surface area contributed by atoms with Crippen molar-refractivity contribution in [3.63, 3.8) is 0 Å². The van der Waals surface area contributed by atoms with E-state index in [2.05, 4.69) is 30.8 Å². The second-order valence-corrected chi connectivity index (χ2v) is 5.27. The summed E-state index contributed by atoms with van der Waals surface area (Å²) < 4.78 is 1.82. The van der Waals surface area contributed by atoms with Crippen molar-refractivity contribution >= 4 is 17.5 Å². The van der Waals surface area contributed by atoms with Crippen molar-refractivity contribution in [2.75, 3.05) is 6.54 Å². The molecular weight excluding hydrogens is 322 g/mol. The van der Waals surface area contributed by atoms with Gasteiger partial charge < -0.3 is 10.6 Å². The molecule has 2 amide bonds. The summed E-state index contributed by atoms with van der Waals surface area (Å²) in [5.74, 6) is 0.254. The molecule has 0 saturated carbocycles. The molecule has 0 atom stereocenters. The van der Waals surface area contributed by atoms with E-state index in [1.807, 2.05) is 28.8 Å². The van der Waals surface area contributed by atoms with Crippen molar-refractivity contribution < 1.29 is 9.59 Å². The van der Waals surface area contributed by atoms with Gasteiger partial charge in [-0.25, -0.2) is 4.98 Å². The van der Waals surface area contributed by atoms with E-state index in [9.17, 15) is 9.59 Å². The van der Waals surface area contributed by atoms with E-state index >= 15 is 0 Å². The lowest BCUT2D eigenvalue weighted by atomic mass is 10.3. The summed E-state index contributed by atoms with van der Waals surface area (Å²) in [5, 5.41) is 13.6. The van der Waals surface area contributed by atoms with Crippen LogP contribution in [0, 0.1) is 0 Å². The van der Waals surface area contributed by atoms with Crippen LogP contribution >= 0.6 is 0 Å². The molecule has 3 heterocycles. The van der Waals surface area contributed by atoms with Crippen LogP contribution in [0.25, 0.3) is 5.65 Å². The average molecular weight is 339 g/mol. The van der Waals surface area contributed by atoms with E-state index in [-0.39, 0.29) is 17.5 Å². The van der Waals surface area contributed by atoms with E-state index in [1.165, 1.54) is 18.6 Å². The molecule has 0 saturated heterocycles. The Labute approximate surface area is 143 Å². The van der Waals surface area contributed by atoms with E-state index in [0.717, 1.165) is 5.65 Å². The smallest absolute Gasteiger partial charge is 0.271 e. The fraction of sp³-hybridized carbons (Fsp3) is 0.250. The molecule has 0 unspecified atom stereocenters. The predicted octanol–water partition coefficient (Wildman–Crippen LogP) is 0.346. The van der Waals surface area contributed by atoms with Crippen LogP contribution in [0.2, 0.25) is 0 Å². The zero-order valence-electron chi connectivity index (χ0n) is 13.4. The minimum atomic E-state index is -0.302. The first-order chi connectivity index (χ1) is 12.2. The van der Waals surface area contributed by atoms with Crippen LogP contribution < -0.4 is 10.6 Å². The number of pyridine rings is 1. The van der Waals surface area contributed by atoms with Crippen molar-refractivity contribution in [3.8, 4) is 0 Å². The van der Waals surface area contributed by atoms with E-state index in [4.69, 9.17) is 0 Å². The lowest BCUT2D eigenvalue weighted by Gasteiger charge is -2.05. The number of rotatable bonds is 7. The molecule has 9 heteroatoms. The molecule has 3 rings (SSSR count). The summed E-state index contributed by atoms with van der Waals surface area (Å²) >= 11 is 0. The van der Waals surface area contributed by atoms with Crippen LogP contribution in [0.15, 0.2) is 43.0 Å². The van der Waals surface area contributed by atoms with Crippen molar-refractivity contribution in [1.82, 2.24) is 35.2 Å². The number of amides is 2. The number of carbonyl (C=O) groups is 2. The van der Waals surface area contributed by atoms with Gasteiger partial charge in [-0.2, -0.15) is 0 Å². The number of fused-ring (bicyclic) bond motifs is 1. The molecule has 0 bridgehead atoms. The second kappa shape index (κ2) is 7.95. The van der Waals surface area contributed by atoms with Crippen LogP contribution in [0.4, 0.5) is 0 Å². The third kappa shape index (κ3) is 4.34. The summed E-state index contributed by atoms with van der Waals surface area (Å²) in [6.07, 6.45) is 7.02. The number of hydrogen-bond acceptors (Lipinski definition) is 6. The highest BCUT2D eigenvalue weighted by molar-refractivity contribution is 5.91. The fourth-order valence-electron chi connectivity index (χ4n) is 2.24. The van der Waals surface area contributed by atoms with E-state index in [0.29, 0.717) is 31.8 Å². The largest absolute Gasteiger partial charge is 0.351 e. The molecule has 0 aliphatic rings. The normalized spacial score (nSPS) is 10.6. The average Bonchev–Trinajstić information content (AvgIpc) is 3.07. The molecule has 0 aliphatic carbocycles. The molecule has 9 nitrogen and oxygen atoms in total. The molecule has 0 radical (unpaired) electrons. The first-order valence-electron chi connectivity index (χ1n) is 7.83. The predicted molar refractivity (Wildman–Crippen MR) is 88.4 cm³/mol. The third-order valence-corrected chi connectivity index (χ3v) is 3.49. The fourth-order valence-corrected chi connectivity index (χ4v) is 2.24. The summed E-state index contributed by atoms with van der Waals surface area (Å²) in [4.78, 5) is 31.4. The van der Waals surface area contributed by atoms with Crippen molar-refractivity contribution in [1.29, 1.82) is 0 Å². The maximum absolute atomic E-state index is 11.9. The third-order valence-electron chi connectivity index (χ3n) is 3.49. The van der Waals surface area contributed by atoms with Gasteiger partial charge in [-0.1, -0.05) is 6.07 Å². The molecule has 0 aromatic carbocycles. The molecule has 0 fully saturated rings. The van der Waals surface area contributed by atoms with Gasteiger partial charge in [-0.3, -0.25) is 19.0 Å².